The van der Waals surface area contributed by atoms with Gasteiger partial charge in [-0.2, -0.15) is 0 Å². The molecule has 8 heteroatoms. The van der Waals surface area contributed by atoms with Crippen molar-refractivity contribution in [3.8, 4) is 0 Å². The lowest BCUT2D eigenvalue weighted by atomic mass is 10.3. The van der Waals surface area contributed by atoms with E-state index in [4.69, 9.17) is 23.4 Å². The minimum Gasteiger partial charge on any atom is -0.457 e. The second kappa shape index (κ2) is 5.66. The second-order valence-corrected chi connectivity index (χ2v) is 4.63. The zero-order valence-corrected chi connectivity index (χ0v) is 10.9. The van der Waals surface area contributed by atoms with Gasteiger partial charge in [0.15, 0.2) is 5.43 Å². The van der Waals surface area contributed by atoms with Crippen LogP contribution in [-0.4, -0.2) is 50.6 Å². The van der Waals surface area contributed by atoms with Crippen molar-refractivity contribution in [3.63, 3.8) is 0 Å². The summed E-state index contributed by atoms with van der Waals surface area (Å²) in [6.45, 7) is 1.23. The van der Waals surface area contributed by atoms with Gasteiger partial charge < -0.3 is 23.4 Å². The number of epoxide rings is 2. The summed E-state index contributed by atoms with van der Waals surface area (Å²) in [6, 6.07) is 1.91. The van der Waals surface area contributed by atoms with Crippen molar-refractivity contribution in [2.24, 2.45) is 0 Å². The van der Waals surface area contributed by atoms with Crippen LogP contribution in [0.1, 0.15) is 21.1 Å². The lowest BCUT2D eigenvalue weighted by Gasteiger charge is -2.04. The number of hydrogen-bond donors (Lipinski definition) is 0. The van der Waals surface area contributed by atoms with Crippen LogP contribution in [0.15, 0.2) is 21.3 Å². The number of ether oxygens (including phenoxy) is 4. The van der Waals surface area contributed by atoms with Crippen LogP contribution in [0.25, 0.3) is 0 Å². The van der Waals surface area contributed by atoms with Crippen molar-refractivity contribution in [2.45, 2.75) is 12.2 Å². The molecule has 3 heterocycles. The molecule has 0 spiro atoms. The van der Waals surface area contributed by atoms with E-state index < -0.39 is 17.4 Å². The van der Waals surface area contributed by atoms with Crippen LogP contribution >= 0.6 is 0 Å². The highest BCUT2D eigenvalue weighted by Crippen LogP contribution is 2.12. The molecule has 0 N–H and O–H groups in total. The van der Waals surface area contributed by atoms with Crippen molar-refractivity contribution in [1.82, 2.24) is 0 Å². The maximum atomic E-state index is 11.7. The third kappa shape index (κ3) is 3.89. The number of carbonyl (C=O) groups is 2. The summed E-state index contributed by atoms with van der Waals surface area (Å²) in [7, 11) is 0. The van der Waals surface area contributed by atoms with Gasteiger partial charge in [-0.15, -0.1) is 0 Å². The van der Waals surface area contributed by atoms with E-state index in [0.717, 1.165) is 12.1 Å². The molecule has 0 amide bonds. The highest BCUT2D eigenvalue weighted by Gasteiger charge is 2.27. The van der Waals surface area contributed by atoms with Crippen LogP contribution in [0.2, 0.25) is 0 Å². The average molecular weight is 296 g/mol. The number of esters is 2. The summed E-state index contributed by atoms with van der Waals surface area (Å²) in [5.74, 6) is -2.36. The Labute approximate surface area is 118 Å². The maximum absolute atomic E-state index is 11.7. The Bertz CT molecular complexity index is 562. The largest absolute Gasteiger partial charge is 0.457 e. The van der Waals surface area contributed by atoms with Crippen molar-refractivity contribution in [2.75, 3.05) is 26.4 Å². The summed E-state index contributed by atoms with van der Waals surface area (Å²) in [4.78, 5) is 34.9. The third-order valence-corrected chi connectivity index (χ3v) is 2.77. The molecule has 2 aliphatic heterocycles. The first-order valence-corrected chi connectivity index (χ1v) is 6.34. The van der Waals surface area contributed by atoms with Gasteiger partial charge in [0.05, 0.1) is 13.2 Å². The predicted octanol–water partition coefficient (Wildman–Crippen LogP) is -0.249. The standard InChI is InChI=1S/C13H12O8/c14-7-1-10(12(15)19-5-8-3-17-8)21-11(2-7)13(16)20-6-9-4-18-9/h1-2,8-9H,3-6H2. The summed E-state index contributed by atoms with van der Waals surface area (Å²) >= 11 is 0. The van der Waals surface area contributed by atoms with Gasteiger partial charge in [0.25, 0.3) is 0 Å². The Morgan fingerprint density at radius 3 is 1.81 bits per heavy atom. The predicted molar refractivity (Wildman–Crippen MR) is 65.0 cm³/mol. The number of hydrogen-bond acceptors (Lipinski definition) is 8. The van der Waals surface area contributed by atoms with E-state index in [-0.39, 0.29) is 36.9 Å². The summed E-state index contributed by atoms with van der Waals surface area (Å²) < 4.78 is 24.6. The molecule has 2 fully saturated rings. The van der Waals surface area contributed by atoms with Crippen molar-refractivity contribution in [3.05, 3.63) is 33.9 Å². The average Bonchev–Trinajstić information content (AvgIpc) is 3.36. The lowest BCUT2D eigenvalue weighted by molar-refractivity contribution is 0.0396. The molecule has 2 unspecified atom stereocenters. The Hall–Kier alpha value is -2.19. The SMILES string of the molecule is O=C(OCC1CO1)c1cc(=O)cc(C(=O)OCC2CO2)o1. The zero-order chi connectivity index (χ0) is 14.8. The van der Waals surface area contributed by atoms with E-state index in [2.05, 4.69) is 0 Å². The number of carbonyl (C=O) groups excluding carboxylic acids is 2. The Kier molecular flexibility index (Phi) is 3.72. The fraction of sp³-hybridized carbons (Fsp3) is 0.462. The molecule has 0 aromatic carbocycles. The van der Waals surface area contributed by atoms with Crippen LogP contribution in [0.4, 0.5) is 0 Å². The fourth-order valence-corrected chi connectivity index (χ4v) is 1.49. The molecule has 0 aliphatic carbocycles. The van der Waals surface area contributed by atoms with Crippen LogP contribution in [0, 0.1) is 0 Å². The van der Waals surface area contributed by atoms with Gasteiger partial charge in [0, 0.05) is 12.1 Å². The molecule has 8 nitrogen and oxygen atoms in total. The van der Waals surface area contributed by atoms with Crippen LogP contribution in [0.3, 0.4) is 0 Å². The molecular weight excluding hydrogens is 284 g/mol. The molecule has 2 atom stereocenters. The quantitative estimate of drug-likeness (QED) is 0.522. The molecule has 2 saturated heterocycles. The first kappa shape index (κ1) is 13.8. The first-order chi connectivity index (χ1) is 10.1. The molecule has 0 saturated carbocycles. The minimum atomic E-state index is -0.831. The zero-order valence-electron chi connectivity index (χ0n) is 10.9. The molecule has 1 aromatic heterocycles. The summed E-state index contributed by atoms with van der Waals surface area (Å²) in [5.41, 5.74) is -0.550. The van der Waals surface area contributed by atoms with Gasteiger partial charge in [0.1, 0.15) is 25.4 Å². The third-order valence-electron chi connectivity index (χ3n) is 2.77. The second-order valence-electron chi connectivity index (χ2n) is 4.63. The van der Waals surface area contributed by atoms with Gasteiger partial charge in [-0.25, -0.2) is 9.59 Å². The Balaban J connectivity index is 1.66. The van der Waals surface area contributed by atoms with E-state index in [9.17, 15) is 14.4 Å². The maximum Gasteiger partial charge on any atom is 0.374 e. The van der Waals surface area contributed by atoms with E-state index >= 15 is 0 Å². The lowest BCUT2D eigenvalue weighted by Crippen LogP contribution is -2.16. The molecule has 2 aliphatic rings. The number of rotatable bonds is 6. The van der Waals surface area contributed by atoms with Gasteiger partial charge >= 0.3 is 11.9 Å². The highest BCUT2D eigenvalue weighted by atomic mass is 16.6. The molecular formula is C13H12O8. The molecule has 0 radical (unpaired) electrons. The van der Waals surface area contributed by atoms with Gasteiger partial charge in [-0.05, 0) is 0 Å². The van der Waals surface area contributed by atoms with E-state index in [1.807, 2.05) is 0 Å². The minimum absolute atomic E-state index is 0.0796. The smallest absolute Gasteiger partial charge is 0.374 e. The van der Waals surface area contributed by atoms with Crippen molar-refractivity contribution < 1.29 is 33.0 Å². The summed E-state index contributed by atoms with van der Waals surface area (Å²) in [6.07, 6.45) is -0.209. The normalized spacial score (nSPS) is 22.5. The van der Waals surface area contributed by atoms with Crippen molar-refractivity contribution >= 4 is 11.9 Å². The van der Waals surface area contributed by atoms with Gasteiger partial charge in [0.2, 0.25) is 11.5 Å². The molecule has 21 heavy (non-hydrogen) atoms. The Morgan fingerprint density at radius 1 is 1.00 bits per heavy atom. The van der Waals surface area contributed by atoms with Crippen LogP contribution in [0.5, 0.6) is 0 Å². The highest BCUT2D eigenvalue weighted by molar-refractivity contribution is 5.89. The monoisotopic (exact) mass is 296 g/mol. The fourth-order valence-electron chi connectivity index (χ4n) is 1.49. The van der Waals surface area contributed by atoms with E-state index in [1.165, 1.54) is 0 Å². The van der Waals surface area contributed by atoms with Gasteiger partial charge in [-0.3, -0.25) is 4.79 Å². The molecule has 112 valence electrons. The van der Waals surface area contributed by atoms with Crippen molar-refractivity contribution in [1.29, 1.82) is 0 Å². The van der Waals surface area contributed by atoms with E-state index in [0.29, 0.717) is 13.2 Å². The first-order valence-electron chi connectivity index (χ1n) is 6.34. The van der Waals surface area contributed by atoms with Crippen LogP contribution < -0.4 is 5.43 Å². The molecule has 1 aromatic rings. The summed E-state index contributed by atoms with van der Waals surface area (Å²) in [5, 5.41) is 0. The van der Waals surface area contributed by atoms with E-state index in [1.54, 1.807) is 0 Å². The van der Waals surface area contributed by atoms with Gasteiger partial charge in [-0.1, -0.05) is 0 Å². The topological polar surface area (TPSA) is 108 Å². The molecule has 3 rings (SSSR count). The Morgan fingerprint density at radius 2 is 1.43 bits per heavy atom. The molecule has 0 bridgehead atoms. The van der Waals surface area contributed by atoms with Crippen LogP contribution in [-0.2, 0) is 18.9 Å².